The number of hydrogen-bond donors (Lipinski definition) is 6. The molecular weight excluding hydrogens is 959 g/mol. The molecule has 1 amide bonds. The van der Waals surface area contributed by atoms with Crippen molar-refractivity contribution >= 4 is 5.91 Å². The molecule has 1 heterocycles. The molecule has 0 aromatic rings. The molecule has 458 valence electrons. The molecule has 9 nitrogen and oxygen atoms in total. The summed E-state index contributed by atoms with van der Waals surface area (Å²) >= 11 is 0. The van der Waals surface area contributed by atoms with Crippen LogP contribution < -0.4 is 5.32 Å². The Morgan fingerprint density at radius 2 is 0.714 bits per heavy atom. The minimum atomic E-state index is -1.56. The first-order valence-corrected chi connectivity index (χ1v) is 34.4. The van der Waals surface area contributed by atoms with E-state index in [1.807, 2.05) is 6.08 Å². The molecule has 0 bridgehead atoms. The third-order valence-electron chi connectivity index (χ3n) is 16.9. The molecule has 7 unspecified atom stereocenters. The molecule has 1 rings (SSSR count). The van der Waals surface area contributed by atoms with Gasteiger partial charge in [0.2, 0.25) is 5.91 Å². The number of amides is 1. The fraction of sp³-hybridized carbons (Fsp3) is 0.956. The summed E-state index contributed by atoms with van der Waals surface area (Å²) in [7, 11) is 0. The van der Waals surface area contributed by atoms with Gasteiger partial charge in [0.25, 0.3) is 0 Å². The molecule has 1 aliphatic heterocycles. The van der Waals surface area contributed by atoms with E-state index in [9.17, 15) is 30.3 Å². The second kappa shape index (κ2) is 58.1. The van der Waals surface area contributed by atoms with E-state index in [2.05, 4.69) is 19.2 Å². The molecule has 0 saturated carbocycles. The molecule has 0 aromatic heterocycles. The number of unbranched alkanes of at least 4 members (excludes halogenated alkanes) is 51. The van der Waals surface area contributed by atoms with Gasteiger partial charge in [-0.1, -0.05) is 347 Å². The Morgan fingerprint density at radius 3 is 1.01 bits per heavy atom. The number of aliphatic hydroxyl groups excluding tert-OH is 5. The summed E-state index contributed by atoms with van der Waals surface area (Å²) in [4.78, 5) is 13.1. The van der Waals surface area contributed by atoms with Gasteiger partial charge in [0.15, 0.2) is 6.29 Å². The van der Waals surface area contributed by atoms with Crippen molar-refractivity contribution in [2.75, 3.05) is 13.2 Å². The Hall–Kier alpha value is -1.07. The van der Waals surface area contributed by atoms with Crippen LogP contribution in [0.4, 0.5) is 0 Å². The number of nitrogens with one attached hydrogen (secondary N) is 1. The first-order chi connectivity index (χ1) is 37.8. The summed E-state index contributed by atoms with van der Waals surface area (Å²) in [6.45, 7) is 3.85. The minimum absolute atomic E-state index is 0.167. The normalized spacial score (nSPS) is 18.7. The maximum absolute atomic E-state index is 13.1. The van der Waals surface area contributed by atoms with Gasteiger partial charge in [-0.3, -0.25) is 4.79 Å². The highest BCUT2D eigenvalue weighted by molar-refractivity contribution is 5.76. The minimum Gasteiger partial charge on any atom is -0.394 e. The van der Waals surface area contributed by atoms with Crippen LogP contribution in [-0.2, 0) is 14.3 Å². The van der Waals surface area contributed by atoms with Crippen molar-refractivity contribution in [3.8, 4) is 0 Å². The van der Waals surface area contributed by atoms with Gasteiger partial charge in [0, 0.05) is 6.42 Å². The van der Waals surface area contributed by atoms with E-state index in [0.717, 1.165) is 38.5 Å². The summed E-state index contributed by atoms with van der Waals surface area (Å²) in [5, 5.41) is 54.7. The van der Waals surface area contributed by atoms with Gasteiger partial charge in [-0.25, -0.2) is 0 Å². The first-order valence-electron chi connectivity index (χ1n) is 34.4. The SMILES string of the molecule is CCCCCCCCCCCCCCCCCCCCCCCCCC/C=C/C(O)C(COC1OC(CO)C(O)C(O)C1O)NC(=O)CCCCCCCCCCCCCCCCCCCCCCCCCCCCCC. The van der Waals surface area contributed by atoms with Crippen LogP contribution in [0.2, 0.25) is 0 Å². The fourth-order valence-electron chi connectivity index (χ4n) is 11.5. The molecule has 1 aliphatic rings. The highest BCUT2D eigenvalue weighted by Gasteiger charge is 2.44. The molecule has 9 heteroatoms. The number of hydrogen-bond acceptors (Lipinski definition) is 8. The molecule has 6 N–H and O–H groups in total. The largest absolute Gasteiger partial charge is 0.394 e. The van der Waals surface area contributed by atoms with Crippen molar-refractivity contribution in [1.29, 1.82) is 0 Å². The third-order valence-corrected chi connectivity index (χ3v) is 16.9. The standard InChI is InChI=1S/C68H133NO8/c1-3-5-7-9-11-13-15-17-19-21-23-25-27-29-31-32-34-36-38-40-42-44-46-48-50-52-54-56-58-64(72)69-61(60-76-68-67(75)66(74)65(73)63(59-70)77-68)62(71)57-55-53-51-49-47-45-43-41-39-37-35-33-30-28-26-24-22-20-18-16-14-12-10-8-6-4-2/h55,57,61-63,65-68,70-71,73-75H,3-54,56,58-60H2,1-2H3,(H,69,72)/b57-55+. The quantitative estimate of drug-likeness (QED) is 0.0261. The third kappa shape index (κ3) is 47.2. The number of carbonyl (C=O) groups excluding carboxylic acids is 1. The Balaban J connectivity index is 2.13. The molecule has 1 fully saturated rings. The highest BCUT2D eigenvalue weighted by atomic mass is 16.7. The van der Waals surface area contributed by atoms with Gasteiger partial charge in [0.1, 0.15) is 24.4 Å². The number of allylic oxidation sites excluding steroid dienone is 1. The lowest BCUT2D eigenvalue weighted by Crippen LogP contribution is -2.60. The maximum Gasteiger partial charge on any atom is 0.220 e. The van der Waals surface area contributed by atoms with Crippen LogP contribution in [-0.4, -0.2) is 87.5 Å². The second-order valence-electron chi connectivity index (χ2n) is 24.3. The van der Waals surface area contributed by atoms with E-state index in [0.29, 0.717) is 6.42 Å². The Bertz CT molecular complexity index is 1220. The number of rotatable bonds is 61. The summed E-state index contributed by atoms with van der Waals surface area (Å²) < 4.78 is 11.3. The van der Waals surface area contributed by atoms with Crippen LogP contribution in [0, 0.1) is 0 Å². The van der Waals surface area contributed by atoms with Crippen molar-refractivity contribution in [3.05, 3.63) is 12.2 Å². The van der Waals surface area contributed by atoms with Crippen LogP contribution in [0.5, 0.6) is 0 Å². The number of aliphatic hydroxyl groups is 5. The van der Waals surface area contributed by atoms with E-state index in [-0.39, 0.29) is 12.5 Å². The van der Waals surface area contributed by atoms with Gasteiger partial charge >= 0.3 is 0 Å². The lowest BCUT2D eigenvalue weighted by molar-refractivity contribution is -0.302. The van der Waals surface area contributed by atoms with Crippen molar-refractivity contribution in [1.82, 2.24) is 5.32 Å². The van der Waals surface area contributed by atoms with Crippen LogP contribution in [0.1, 0.15) is 361 Å². The fourth-order valence-corrected chi connectivity index (χ4v) is 11.5. The molecule has 0 spiro atoms. The molecular formula is C68H133NO8. The molecule has 0 aliphatic carbocycles. The van der Waals surface area contributed by atoms with E-state index in [1.54, 1.807) is 6.08 Å². The topological polar surface area (TPSA) is 149 Å². The predicted octanol–water partition coefficient (Wildman–Crippen LogP) is 18.3. The van der Waals surface area contributed by atoms with Crippen LogP contribution in [0.15, 0.2) is 12.2 Å². The Kier molecular flexibility index (Phi) is 55.8. The zero-order chi connectivity index (χ0) is 55.8. The van der Waals surface area contributed by atoms with Gasteiger partial charge in [-0.2, -0.15) is 0 Å². The molecule has 7 atom stereocenters. The smallest absolute Gasteiger partial charge is 0.220 e. The lowest BCUT2D eigenvalue weighted by atomic mass is 9.99. The molecule has 0 radical (unpaired) electrons. The van der Waals surface area contributed by atoms with E-state index >= 15 is 0 Å². The highest BCUT2D eigenvalue weighted by Crippen LogP contribution is 2.24. The zero-order valence-electron chi connectivity index (χ0n) is 51.3. The van der Waals surface area contributed by atoms with Crippen molar-refractivity contribution in [2.24, 2.45) is 0 Å². The molecule has 0 aromatic carbocycles. The molecule has 77 heavy (non-hydrogen) atoms. The second-order valence-corrected chi connectivity index (χ2v) is 24.3. The number of carbonyl (C=O) groups is 1. The number of ether oxygens (including phenoxy) is 2. The maximum atomic E-state index is 13.1. The van der Waals surface area contributed by atoms with Gasteiger partial charge in [0.05, 0.1) is 25.4 Å². The Labute approximate surface area is 477 Å². The molecule has 1 saturated heterocycles. The summed E-state index contributed by atoms with van der Waals surface area (Å²) in [5.74, 6) is -0.167. The summed E-state index contributed by atoms with van der Waals surface area (Å²) in [5.41, 5.74) is 0. The van der Waals surface area contributed by atoms with E-state index in [1.165, 1.54) is 302 Å². The first kappa shape index (κ1) is 73.9. The predicted molar refractivity (Wildman–Crippen MR) is 327 cm³/mol. The van der Waals surface area contributed by atoms with Gasteiger partial charge in [-0.05, 0) is 19.3 Å². The van der Waals surface area contributed by atoms with Crippen LogP contribution >= 0.6 is 0 Å². The summed E-state index contributed by atoms with van der Waals surface area (Å²) in [6.07, 6.45) is 67.4. The Morgan fingerprint density at radius 1 is 0.429 bits per heavy atom. The zero-order valence-corrected chi connectivity index (χ0v) is 51.3. The van der Waals surface area contributed by atoms with Gasteiger partial charge in [-0.15, -0.1) is 0 Å². The average Bonchev–Trinajstić information content (AvgIpc) is 3.43. The van der Waals surface area contributed by atoms with E-state index in [4.69, 9.17) is 9.47 Å². The summed E-state index contributed by atoms with van der Waals surface area (Å²) in [6, 6.07) is -0.802. The monoisotopic (exact) mass is 1090 g/mol. The van der Waals surface area contributed by atoms with Crippen molar-refractivity contribution < 1.29 is 39.8 Å². The van der Waals surface area contributed by atoms with Crippen molar-refractivity contribution in [2.45, 2.75) is 403 Å². The van der Waals surface area contributed by atoms with Crippen molar-refractivity contribution in [3.63, 3.8) is 0 Å². The van der Waals surface area contributed by atoms with Crippen LogP contribution in [0.3, 0.4) is 0 Å². The van der Waals surface area contributed by atoms with Gasteiger partial charge < -0.3 is 40.3 Å². The lowest BCUT2D eigenvalue weighted by Gasteiger charge is -2.40. The average molecular weight is 1090 g/mol. The van der Waals surface area contributed by atoms with E-state index < -0.39 is 49.5 Å². The van der Waals surface area contributed by atoms with Crippen LogP contribution in [0.25, 0.3) is 0 Å².